The van der Waals surface area contributed by atoms with Crippen LogP contribution in [0.15, 0.2) is 29.2 Å². The van der Waals surface area contributed by atoms with Crippen LogP contribution in [-0.4, -0.2) is 60.7 Å². The molecule has 0 saturated heterocycles. The zero-order valence-electron chi connectivity index (χ0n) is 11.0. The van der Waals surface area contributed by atoms with E-state index in [1.54, 1.807) is 0 Å². The Hall–Kier alpha value is -2.42. The summed E-state index contributed by atoms with van der Waals surface area (Å²) in [7, 11) is -3.42. The molecule has 0 spiro atoms. The molecular formula is C12H13NO7S. The number of carboxylic acid groups (broad SMARTS) is 2. The smallest absolute Gasteiger partial charge is 0.323 e. The molecule has 1 rings (SSSR count). The van der Waals surface area contributed by atoms with Gasteiger partial charge in [-0.25, -0.2) is 8.42 Å². The van der Waals surface area contributed by atoms with Gasteiger partial charge in [0, 0.05) is 11.8 Å². The molecule has 0 aliphatic carbocycles. The maximum Gasteiger partial charge on any atom is 0.323 e. The molecule has 0 radical (unpaired) electrons. The predicted octanol–water partition coefficient (Wildman–Crippen LogP) is -0.298. The molecule has 2 N–H and O–H groups in total. The molecule has 1 amide bonds. The van der Waals surface area contributed by atoms with Crippen LogP contribution in [-0.2, 0) is 19.4 Å². The van der Waals surface area contributed by atoms with E-state index in [-0.39, 0.29) is 10.5 Å². The predicted molar refractivity (Wildman–Crippen MR) is 70.7 cm³/mol. The number of benzene rings is 1. The fourth-order valence-electron chi connectivity index (χ4n) is 1.55. The summed E-state index contributed by atoms with van der Waals surface area (Å²) in [6.07, 6.45) is 1.00. The first kappa shape index (κ1) is 16.6. The van der Waals surface area contributed by atoms with Gasteiger partial charge >= 0.3 is 11.9 Å². The van der Waals surface area contributed by atoms with E-state index in [2.05, 4.69) is 0 Å². The Morgan fingerprint density at radius 2 is 1.43 bits per heavy atom. The Labute approximate surface area is 120 Å². The van der Waals surface area contributed by atoms with Gasteiger partial charge in [0.15, 0.2) is 9.84 Å². The van der Waals surface area contributed by atoms with Crippen molar-refractivity contribution in [3.05, 3.63) is 29.8 Å². The molecule has 8 nitrogen and oxygen atoms in total. The lowest BCUT2D eigenvalue weighted by atomic mass is 10.2. The number of aliphatic carboxylic acids is 2. The lowest BCUT2D eigenvalue weighted by Gasteiger charge is -2.18. The molecule has 9 heteroatoms. The molecule has 0 unspecified atom stereocenters. The molecule has 0 saturated carbocycles. The molecule has 0 fully saturated rings. The summed E-state index contributed by atoms with van der Waals surface area (Å²) in [5, 5.41) is 17.4. The van der Waals surface area contributed by atoms with E-state index in [0.29, 0.717) is 4.90 Å². The van der Waals surface area contributed by atoms with Crippen molar-refractivity contribution >= 4 is 27.7 Å². The quantitative estimate of drug-likeness (QED) is 0.737. The van der Waals surface area contributed by atoms with E-state index in [9.17, 15) is 22.8 Å². The molecule has 0 aliphatic heterocycles. The Morgan fingerprint density at radius 3 is 1.76 bits per heavy atom. The number of amides is 1. The summed E-state index contributed by atoms with van der Waals surface area (Å²) >= 11 is 0. The molecule has 21 heavy (non-hydrogen) atoms. The second-order valence-electron chi connectivity index (χ2n) is 4.25. The van der Waals surface area contributed by atoms with Crippen molar-refractivity contribution in [3.63, 3.8) is 0 Å². The molecule has 0 bridgehead atoms. The first-order valence-electron chi connectivity index (χ1n) is 5.64. The lowest BCUT2D eigenvalue weighted by Crippen LogP contribution is -2.39. The molecular weight excluding hydrogens is 302 g/mol. The van der Waals surface area contributed by atoms with Crippen molar-refractivity contribution in [3.8, 4) is 0 Å². The Kier molecular flexibility index (Phi) is 5.03. The molecule has 1 aromatic carbocycles. The standard InChI is InChI=1S/C12H13NO7S/c1-21(19,20)9-4-2-8(3-5-9)12(18)13(6-10(14)15)7-11(16)17/h2-5H,6-7H2,1H3,(H,14,15)(H,16,17). The van der Waals surface area contributed by atoms with Gasteiger partial charge in [0.2, 0.25) is 0 Å². The van der Waals surface area contributed by atoms with Gasteiger partial charge in [0.05, 0.1) is 4.90 Å². The van der Waals surface area contributed by atoms with Gasteiger partial charge in [0.25, 0.3) is 5.91 Å². The van der Waals surface area contributed by atoms with Crippen LogP contribution in [0.1, 0.15) is 10.4 Å². The second kappa shape index (κ2) is 6.35. The number of carbonyl (C=O) groups excluding carboxylic acids is 1. The Morgan fingerprint density at radius 1 is 1.00 bits per heavy atom. The Bertz CT molecular complexity index is 647. The van der Waals surface area contributed by atoms with E-state index in [1.165, 1.54) is 24.3 Å². The van der Waals surface area contributed by atoms with E-state index >= 15 is 0 Å². The van der Waals surface area contributed by atoms with Crippen molar-refractivity contribution in [1.82, 2.24) is 4.90 Å². The molecule has 0 aliphatic rings. The third kappa shape index (κ3) is 4.88. The van der Waals surface area contributed by atoms with Gasteiger partial charge in [0.1, 0.15) is 13.1 Å². The van der Waals surface area contributed by atoms with Gasteiger partial charge in [-0.2, -0.15) is 0 Å². The minimum Gasteiger partial charge on any atom is -0.480 e. The highest BCUT2D eigenvalue weighted by Crippen LogP contribution is 2.12. The highest BCUT2D eigenvalue weighted by atomic mass is 32.2. The summed E-state index contributed by atoms with van der Waals surface area (Å²) in [6.45, 7) is -1.53. The lowest BCUT2D eigenvalue weighted by molar-refractivity contribution is -0.140. The monoisotopic (exact) mass is 315 g/mol. The summed E-state index contributed by atoms with van der Waals surface area (Å²) in [5.41, 5.74) is 0.00454. The molecule has 114 valence electrons. The van der Waals surface area contributed by atoms with Crippen LogP contribution >= 0.6 is 0 Å². The number of sulfone groups is 1. The maximum atomic E-state index is 12.0. The van der Waals surface area contributed by atoms with Crippen molar-refractivity contribution in [2.75, 3.05) is 19.3 Å². The van der Waals surface area contributed by atoms with Crippen LogP contribution in [0.25, 0.3) is 0 Å². The largest absolute Gasteiger partial charge is 0.480 e. The fourth-order valence-corrected chi connectivity index (χ4v) is 2.18. The summed E-state index contributed by atoms with van der Waals surface area (Å²) in [6, 6.07) is 4.80. The minimum absolute atomic E-state index is 0.00192. The number of carboxylic acids is 2. The summed E-state index contributed by atoms with van der Waals surface area (Å²) in [4.78, 5) is 34.0. The third-order valence-corrected chi connectivity index (χ3v) is 3.60. The van der Waals surface area contributed by atoms with Crippen molar-refractivity contribution < 1.29 is 33.0 Å². The van der Waals surface area contributed by atoms with Crippen LogP contribution < -0.4 is 0 Å². The van der Waals surface area contributed by atoms with Crippen LogP contribution in [0.4, 0.5) is 0 Å². The number of rotatable bonds is 6. The van der Waals surface area contributed by atoms with Gasteiger partial charge < -0.3 is 15.1 Å². The minimum atomic E-state index is -3.42. The highest BCUT2D eigenvalue weighted by Gasteiger charge is 2.21. The number of nitrogens with zero attached hydrogens (tertiary/aromatic N) is 1. The topological polar surface area (TPSA) is 129 Å². The maximum absolute atomic E-state index is 12.0. The number of carbonyl (C=O) groups is 3. The van der Waals surface area contributed by atoms with Crippen LogP contribution in [0, 0.1) is 0 Å². The average molecular weight is 315 g/mol. The molecule has 0 atom stereocenters. The molecule has 0 heterocycles. The average Bonchev–Trinajstić information content (AvgIpc) is 2.35. The SMILES string of the molecule is CS(=O)(=O)c1ccc(C(=O)N(CC(=O)O)CC(=O)O)cc1. The number of hydrogen-bond donors (Lipinski definition) is 2. The first-order chi connectivity index (χ1) is 9.61. The van der Waals surface area contributed by atoms with Gasteiger partial charge in [-0.15, -0.1) is 0 Å². The highest BCUT2D eigenvalue weighted by molar-refractivity contribution is 7.90. The van der Waals surface area contributed by atoms with E-state index < -0.39 is 40.8 Å². The van der Waals surface area contributed by atoms with Crippen molar-refractivity contribution in [2.24, 2.45) is 0 Å². The summed E-state index contributed by atoms with van der Waals surface area (Å²) in [5.74, 6) is -3.51. The van der Waals surface area contributed by atoms with E-state index in [0.717, 1.165) is 6.26 Å². The zero-order chi connectivity index (χ0) is 16.2. The first-order valence-corrected chi connectivity index (χ1v) is 7.53. The van der Waals surface area contributed by atoms with Gasteiger partial charge in [-0.3, -0.25) is 14.4 Å². The van der Waals surface area contributed by atoms with Crippen LogP contribution in [0.5, 0.6) is 0 Å². The van der Waals surface area contributed by atoms with Crippen molar-refractivity contribution in [1.29, 1.82) is 0 Å². The third-order valence-electron chi connectivity index (χ3n) is 2.47. The summed E-state index contributed by atoms with van der Waals surface area (Å²) < 4.78 is 22.6. The molecule has 1 aromatic rings. The van der Waals surface area contributed by atoms with E-state index in [1.807, 2.05) is 0 Å². The fraction of sp³-hybridized carbons (Fsp3) is 0.250. The second-order valence-corrected chi connectivity index (χ2v) is 6.26. The van der Waals surface area contributed by atoms with Gasteiger partial charge in [-0.1, -0.05) is 0 Å². The Balaban J connectivity index is 3.03. The normalized spacial score (nSPS) is 10.9. The van der Waals surface area contributed by atoms with E-state index in [4.69, 9.17) is 10.2 Å². The van der Waals surface area contributed by atoms with Crippen LogP contribution in [0.2, 0.25) is 0 Å². The van der Waals surface area contributed by atoms with Crippen LogP contribution in [0.3, 0.4) is 0 Å². The van der Waals surface area contributed by atoms with Gasteiger partial charge in [-0.05, 0) is 24.3 Å². The zero-order valence-corrected chi connectivity index (χ0v) is 11.8. The molecule has 0 aromatic heterocycles. The van der Waals surface area contributed by atoms with Crippen molar-refractivity contribution in [2.45, 2.75) is 4.90 Å². The number of hydrogen-bond acceptors (Lipinski definition) is 5.